The second kappa shape index (κ2) is 14.3. The van der Waals surface area contributed by atoms with Crippen LogP contribution in [0, 0.1) is 0 Å². The highest BCUT2D eigenvalue weighted by molar-refractivity contribution is 6.21. The van der Waals surface area contributed by atoms with Crippen LogP contribution in [0.25, 0.3) is 21.5 Å². The third kappa shape index (κ3) is 6.15. The zero-order chi connectivity index (χ0) is 35.4. The Balaban J connectivity index is 1.46. The van der Waals surface area contributed by atoms with Crippen molar-refractivity contribution in [3.63, 3.8) is 0 Å². The van der Waals surface area contributed by atoms with Gasteiger partial charge in [-0.1, -0.05) is 133 Å². The largest absolute Gasteiger partial charge is 0.310 e. The second-order valence-electron chi connectivity index (χ2n) is 13.0. The predicted molar refractivity (Wildman–Crippen MR) is 226 cm³/mol. The lowest BCUT2D eigenvalue weighted by molar-refractivity contribution is 1.26. The van der Waals surface area contributed by atoms with Gasteiger partial charge in [-0.3, -0.25) is 0 Å². The molecule has 0 heterocycles. The monoisotopic (exact) mass is 679 g/mol. The van der Waals surface area contributed by atoms with E-state index in [0.717, 1.165) is 56.6 Å². The standard InChI is InChI=1S/C50H37N3/c1-7-22-39(23-8-1)51(40-24-9-2-10-25-40)45-36-47-48(52(41-26-11-3-12-27-41)42-28-13-4-14-29-42)35-38-21-19-20-34-46(38)50(47)49(37-45)53(43-30-15-5-16-31-43)44-32-17-6-18-33-44/h1-37H. The van der Waals surface area contributed by atoms with Crippen LogP contribution in [0.4, 0.5) is 51.2 Å². The molecule has 252 valence electrons. The summed E-state index contributed by atoms with van der Waals surface area (Å²) < 4.78 is 0. The van der Waals surface area contributed by atoms with Crippen LogP contribution >= 0.6 is 0 Å². The lowest BCUT2D eigenvalue weighted by Crippen LogP contribution is -2.15. The van der Waals surface area contributed by atoms with Gasteiger partial charge in [0.1, 0.15) is 0 Å². The molecule has 0 spiro atoms. The fourth-order valence-electron chi connectivity index (χ4n) is 7.43. The van der Waals surface area contributed by atoms with Gasteiger partial charge in [0.25, 0.3) is 0 Å². The Kier molecular flexibility index (Phi) is 8.57. The molecule has 0 amide bonds. The molecule has 0 unspecified atom stereocenters. The molecular weight excluding hydrogens is 643 g/mol. The highest BCUT2D eigenvalue weighted by Crippen LogP contribution is 2.50. The van der Waals surface area contributed by atoms with Crippen molar-refractivity contribution < 1.29 is 0 Å². The van der Waals surface area contributed by atoms with Crippen molar-refractivity contribution in [3.8, 4) is 0 Å². The topological polar surface area (TPSA) is 9.72 Å². The number of nitrogens with zero attached hydrogens (tertiary/aromatic N) is 3. The molecule has 0 aliphatic carbocycles. The Morgan fingerprint density at radius 2 is 0.566 bits per heavy atom. The average molecular weight is 680 g/mol. The van der Waals surface area contributed by atoms with Gasteiger partial charge in [0.15, 0.2) is 0 Å². The second-order valence-corrected chi connectivity index (χ2v) is 13.0. The van der Waals surface area contributed by atoms with E-state index in [4.69, 9.17) is 0 Å². The molecule has 0 N–H and O–H groups in total. The molecule has 9 aromatic carbocycles. The molecule has 9 aromatic rings. The molecule has 3 nitrogen and oxygen atoms in total. The van der Waals surface area contributed by atoms with Gasteiger partial charge in [-0.2, -0.15) is 0 Å². The van der Waals surface area contributed by atoms with Crippen LogP contribution in [0.3, 0.4) is 0 Å². The smallest absolute Gasteiger partial charge is 0.0567 e. The van der Waals surface area contributed by atoms with E-state index >= 15 is 0 Å². The molecule has 0 saturated heterocycles. The zero-order valence-corrected chi connectivity index (χ0v) is 29.2. The SMILES string of the molecule is c1ccc(N(c2ccccc2)c2cc(N(c3ccccc3)c3ccccc3)c3c(c2)c(N(c2ccccc2)c2ccccc2)cc2ccccc23)cc1. The van der Waals surface area contributed by atoms with E-state index in [0.29, 0.717) is 0 Å². The Hall–Kier alpha value is -7.10. The van der Waals surface area contributed by atoms with Crippen LogP contribution in [0.5, 0.6) is 0 Å². The first-order chi connectivity index (χ1) is 26.3. The van der Waals surface area contributed by atoms with Crippen LogP contribution in [-0.4, -0.2) is 0 Å². The highest BCUT2D eigenvalue weighted by Gasteiger charge is 2.25. The molecule has 0 aromatic heterocycles. The Morgan fingerprint density at radius 3 is 0.981 bits per heavy atom. The fraction of sp³-hybridized carbons (Fsp3) is 0. The summed E-state index contributed by atoms with van der Waals surface area (Å²) in [5, 5.41) is 4.67. The number of rotatable bonds is 9. The van der Waals surface area contributed by atoms with E-state index in [1.165, 1.54) is 16.2 Å². The summed E-state index contributed by atoms with van der Waals surface area (Å²) in [5.74, 6) is 0. The summed E-state index contributed by atoms with van der Waals surface area (Å²) in [7, 11) is 0. The molecule has 53 heavy (non-hydrogen) atoms. The molecule has 0 bridgehead atoms. The Morgan fingerprint density at radius 1 is 0.226 bits per heavy atom. The number of benzene rings is 9. The summed E-state index contributed by atoms with van der Waals surface area (Å²) in [6, 6.07) is 80.1. The average Bonchev–Trinajstić information content (AvgIpc) is 3.23. The van der Waals surface area contributed by atoms with E-state index in [9.17, 15) is 0 Å². The third-order valence-corrected chi connectivity index (χ3v) is 9.73. The first-order valence-corrected chi connectivity index (χ1v) is 18.0. The van der Waals surface area contributed by atoms with Gasteiger partial charge >= 0.3 is 0 Å². The lowest BCUT2D eigenvalue weighted by atomic mass is 9.95. The molecular formula is C50H37N3. The first-order valence-electron chi connectivity index (χ1n) is 18.0. The lowest BCUT2D eigenvalue weighted by Gasteiger charge is -2.33. The number of para-hydroxylation sites is 6. The van der Waals surface area contributed by atoms with E-state index in [2.05, 4.69) is 239 Å². The maximum absolute atomic E-state index is 2.41. The number of hydrogen-bond donors (Lipinski definition) is 0. The van der Waals surface area contributed by atoms with Crippen LogP contribution < -0.4 is 14.7 Å². The fourth-order valence-corrected chi connectivity index (χ4v) is 7.43. The van der Waals surface area contributed by atoms with Crippen LogP contribution in [0.2, 0.25) is 0 Å². The van der Waals surface area contributed by atoms with E-state index < -0.39 is 0 Å². The van der Waals surface area contributed by atoms with Crippen molar-refractivity contribution >= 4 is 72.7 Å². The molecule has 0 fully saturated rings. The van der Waals surface area contributed by atoms with Crippen molar-refractivity contribution in [3.05, 3.63) is 224 Å². The predicted octanol–water partition coefficient (Wildman–Crippen LogP) is 14.4. The van der Waals surface area contributed by atoms with Gasteiger partial charge in [-0.05, 0) is 102 Å². The minimum absolute atomic E-state index is 1.05. The van der Waals surface area contributed by atoms with Crippen molar-refractivity contribution in [1.82, 2.24) is 0 Å². The van der Waals surface area contributed by atoms with Crippen molar-refractivity contribution in [2.45, 2.75) is 0 Å². The van der Waals surface area contributed by atoms with Crippen molar-refractivity contribution in [2.75, 3.05) is 14.7 Å². The summed E-state index contributed by atoms with van der Waals surface area (Å²) in [5.41, 5.74) is 9.76. The third-order valence-electron chi connectivity index (χ3n) is 9.73. The van der Waals surface area contributed by atoms with Gasteiger partial charge in [0.2, 0.25) is 0 Å². The molecule has 0 radical (unpaired) electrons. The van der Waals surface area contributed by atoms with Gasteiger partial charge in [0.05, 0.1) is 11.4 Å². The minimum Gasteiger partial charge on any atom is -0.310 e. The summed E-state index contributed by atoms with van der Waals surface area (Å²) in [6.07, 6.45) is 0. The van der Waals surface area contributed by atoms with Crippen LogP contribution in [-0.2, 0) is 0 Å². The molecule has 9 rings (SSSR count). The quantitative estimate of drug-likeness (QED) is 0.141. The van der Waals surface area contributed by atoms with Crippen LogP contribution in [0.1, 0.15) is 0 Å². The van der Waals surface area contributed by atoms with Crippen LogP contribution in [0.15, 0.2) is 224 Å². The normalized spacial score (nSPS) is 11.0. The summed E-state index contributed by atoms with van der Waals surface area (Å²) in [6.45, 7) is 0. The van der Waals surface area contributed by atoms with Crippen molar-refractivity contribution in [1.29, 1.82) is 0 Å². The number of fused-ring (bicyclic) bond motifs is 3. The van der Waals surface area contributed by atoms with E-state index in [-0.39, 0.29) is 0 Å². The molecule has 0 aliphatic rings. The molecule has 3 heteroatoms. The summed E-state index contributed by atoms with van der Waals surface area (Å²) in [4.78, 5) is 7.17. The molecule has 0 saturated carbocycles. The van der Waals surface area contributed by atoms with Crippen molar-refractivity contribution in [2.24, 2.45) is 0 Å². The van der Waals surface area contributed by atoms with E-state index in [1.54, 1.807) is 0 Å². The first kappa shape index (κ1) is 31.9. The zero-order valence-electron chi connectivity index (χ0n) is 29.2. The molecule has 0 aliphatic heterocycles. The number of anilines is 9. The van der Waals surface area contributed by atoms with E-state index in [1.807, 2.05) is 0 Å². The van der Waals surface area contributed by atoms with Gasteiger partial charge in [-0.15, -0.1) is 0 Å². The minimum atomic E-state index is 1.05. The van der Waals surface area contributed by atoms with Gasteiger partial charge in [-0.25, -0.2) is 0 Å². The number of hydrogen-bond acceptors (Lipinski definition) is 3. The molecule has 0 atom stereocenters. The maximum atomic E-state index is 2.41. The van der Waals surface area contributed by atoms with Gasteiger partial charge < -0.3 is 14.7 Å². The van der Waals surface area contributed by atoms with Gasteiger partial charge in [0, 0.05) is 50.6 Å². The highest BCUT2D eigenvalue weighted by atomic mass is 15.2. The Bertz CT molecular complexity index is 2480. The Labute approximate surface area is 310 Å². The summed E-state index contributed by atoms with van der Waals surface area (Å²) >= 11 is 0. The maximum Gasteiger partial charge on any atom is 0.0567 e.